The van der Waals surface area contributed by atoms with Gasteiger partial charge in [-0.15, -0.1) is 5.92 Å². The number of rotatable bonds is 5. The summed E-state index contributed by atoms with van der Waals surface area (Å²) < 4.78 is 35.9. The van der Waals surface area contributed by atoms with Gasteiger partial charge in [0.15, 0.2) is 14.6 Å². The van der Waals surface area contributed by atoms with Crippen molar-refractivity contribution in [2.75, 3.05) is 6.26 Å². The smallest absolute Gasteiger partial charge is 0.324 e. The van der Waals surface area contributed by atoms with Gasteiger partial charge in [0, 0.05) is 30.2 Å². The maximum absolute atomic E-state index is 14.2. The minimum atomic E-state index is -3.87. The number of carboxylic acid groups (broad SMARTS) is 1. The topological polar surface area (TPSA) is 93.0 Å². The van der Waals surface area contributed by atoms with Crippen LogP contribution in [0.3, 0.4) is 0 Å². The Labute approximate surface area is 145 Å². The Balaban J connectivity index is 2.18. The van der Waals surface area contributed by atoms with Gasteiger partial charge in [-0.3, -0.25) is 4.79 Å². The minimum absolute atomic E-state index is 0.119. The fraction of sp³-hybridized carbons (Fsp3) is 0.412. The Morgan fingerprint density at radius 1 is 1.52 bits per heavy atom. The van der Waals surface area contributed by atoms with E-state index in [4.69, 9.17) is 4.84 Å². The lowest BCUT2D eigenvalue weighted by Crippen LogP contribution is -2.45. The molecule has 2 atom stereocenters. The number of benzene rings is 1. The van der Waals surface area contributed by atoms with Gasteiger partial charge in [-0.05, 0) is 32.0 Å². The van der Waals surface area contributed by atoms with Crippen LogP contribution in [0.1, 0.15) is 37.8 Å². The molecule has 0 spiro atoms. The molecule has 6 nitrogen and oxygen atoms in total. The first kappa shape index (κ1) is 18.9. The average Bonchev–Trinajstić information content (AvgIpc) is 2.94. The molecule has 1 heterocycles. The van der Waals surface area contributed by atoms with E-state index in [0.717, 1.165) is 13.2 Å². The van der Waals surface area contributed by atoms with Gasteiger partial charge in [-0.1, -0.05) is 11.1 Å². The molecule has 0 radical (unpaired) electrons. The number of nitrogens with zero attached hydrogens (tertiary/aromatic N) is 1. The molecule has 0 aromatic heterocycles. The molecular weight excluding hydrogens is 349 g/mol. The molecule has 25 heavy (non-hydrogen) atoms. The summed E-state index contributed by atoms with van der Waals surface area (Å²) in [4.78, 5) is 16.6. The summed E-state index contributed by atoms with van der Waals surface area (Å²) in [6.45, 7) is 2.78. The Bertz CT molecular complexity index is 897. The molecule has 1 aliphatic rings. The third kappa shape index (κ3) is 3.82. The minimum Gasteiger partial charge on any atom is -0.480 e. The summed E-state index contributed by atoms with van der Waals surface area (Å²) in [6.07, 6.45) is -0.0609. The zero-order chi connectivity index (χ0) is 18.8. The van der Waals surface area contributed by atoms with Crippen LogP contribution in [0.4, 0.5) is 4.39 Å². The molecule has 0 saturated carbocycles. The first-order valence-electron chi connectivity index (χ1n) is 7.47. The molecular formula is C17H18FNO5S. The Morgan fingerprint density at radius 2 is 2.20 bits per heavy atom. The van der Waals surface area contributed by atoms with E-state index >= 15 is 0 Å². The van der Waals surface area contributed by atoms with Crippen LogP contribution in [0.5, 0.6) is 0 Å². The van der Waals surface area contributed by atoms with Crippen LogP contribution in [-0.2, 0) is 19.5 Å². The van der Waals surface area contributed by atoms with E-state index < -0.39 is 32.5 Å². The fourth-order valence-corrected chi connectivity index (χ4v) is 3.31. The standard InChI is InChI=1S/C17H18FNO5S/c1-4-5-11-6-7-13(14(18)8-11)15-9-12(24-19-15)10-17(2,16(20)21)25(3,22)23/h6-8,12H,9-10H2,1-3H3,(H,20,21)/t12-,17-/m1/s1. The lowest BCUT2D eigenvalue weighted by atomic mass is 9.96. The van der Waals surface area contributed by atoms with E-state index in [1.165, 1.54) is 12.1 Å². The van der Waals surface area contributed by atoms with Crippen molar-refractivity contribution in [1.82, 2.24) is 0 Å². The maximum atomic E-state index is 14.2. The quantitative estimate of drug-likeness (QED) is 0.803. The number of sulfone groups is 1. The molecule has 1 aromatic carbocycles. The maximum Gasteiger partial charge on any atom is 0.324 e. The van der Waals surface area contributed by atoms with Gasteiger partial charge >= 0.3 is 5.97 Å². The second-order valence-corrected chi connectivity index (χ2v) is 8.50. The number of hydrogen-bond donors (Lipinski definition) is 1. The van der Waals surface area contributed by atoms with E-state index in [1.807, 2.05) is 0 Å². The second-order valence-electron chi connectivity index (χ2n) is 6.05. The van der Waals surface area contributed by atoms with Crippen LogP contribution in [-0.4, -0.2) is 42.3 Å². The van der Waals surface area contributed by atoms with Gasteiger partial charge in [0.1, 0.15) is 11.9 Å². The third-order valence-corrected chi connectivity index (χ3v) is 6.15. The number of hydrogen-bond acceptors (Lipinski definition) is 5. The summed E-state index contributed by atoms with van der Waals surface area (Å²) in [5.74, 6) is 3.44. The molecule has 0 aliphatic carbocycles. The number of carbonyl (C=O) groups is 1. The molecule has 0 unspecified atom stereocenters. The zero-order valence-corrected chi connectivity index (χ0v) is 14.9. The normalized spacial score (nSPS) is 19.2. The van der Waals surface area contributed by atoms with Crippen LogP contribution < -0.4 is 0 Å². The van der Waals surface area contributed by atoms with Crippen LogP contribution in [0.2, 0.25) is 0 Å². The van der Waals surface area contributed by atoms with Gasteiger partial charge in [0.25, 0.3) is 0 Å². The lowest BCUT2D eigenvalue weighted by molar-refractivity contribution is -0.140. The second kappa shape index (κ2) is 6.84. The first-order chi connectivity index (χ1) is 11.6. The number of carboxylic acids is 1. The third-order valence-electron chi connectivity index (χ3n) is 4.17. The van der Waals surface area contributed by atoms with Gasteiger partial charge in [-0.25, -0.2) is 12.8 Å². The summed E-state index contributed by atoms with van der Waals surface area (Å²) in [5.41, 5.74) is 1.05. The molecule has 0 fully saturated rings. The van der Waals surface area contributed by atoms with E-state index in [9.17, 15) is 22.7 Å². The molecule has 0 amide bonds. The van der Waals surface area contributed by atoms with Gasteiger partial charge in [0.05, 0.1) is 5.71 Å². The molecule has 1 aliphatic heterocycles. The van der Waals surface area contributed by atoms with Gasteiger partial charge < -0.3 is 9.94 Å². The van der Waals surface area contributed by atoms with Crippen LogP contribution in [0.15, 0.2) is 23.4 Å². The first-order valence-corrected chi connectivity index (χ1v) is 9.36. The lowest BCUT2D eigenvalue weighted by Gasteiger charge is -2.24. The predicted octanol–water partition coefficient (Wildman–Crippen LogP) is 1.97. The van der Waals surface area contributed by atoms with Crippen LogP contribution in [0, 0.1) is 17.7 Å². The van der Waals surface area contributed by atoms with Crippen LogP contribution in [0.25, 0.3) is 0 Å². The Morgan fingerprint density at radius 3 is 2.72 bits per heavy atom. The summed E-state index contributed by atoms with van der Waals surface area (Å²) in [6, 6.07) is 4.44. The van der Waals surface area contributed by atoms with E-state index in [2.05, 4.69) is 17.0 Å². The molecule has 2 rings (SSSR count). The molecule has 0 saturated heterocycles. The predicted molar refractivity (Wildman–Crippen MR) is 90.5 cm³/mol. The van der Waals surface area contributed by atoms with Crippen molar-refractivity contribution in [1.29, 1.82) is 0 Å². The molecule has 8 heteroatoms. The highest BCUT2D eigenvalue weighted by Gasteiger charge is 2.47. The number of aliphatic carboxylic acids is 1. The van der Waals surface area contributed by atoms with Crippen molar-refractivity contribution in [3.05, 3.63) is 35.1 Å². The summed E-state index contributed by atoms with van der Waals surface area (Å²) >= 11 is 0. The molecule has 1 aromatic rings. The van der Waals surface area contributed by atoms with E-state index in [-0.39, 0.29) is 18.4 Å². The highest BCUT2D eigenvalue weighted by Crippen LogP contribution is 2.30. The number of oxime groups is 1. The van der Waals surface area contributed by atoms with Crippen LogP contribution >= 0.6 is 0 Å². The molecule has 134 valence electrons. The van der Waals surface area contributed by atoms with Crippen molar-refractivity contribution in [2.45, 2.75) is 37.5 Å². The van der Waals surface area contributed by atoms with Crippen molar-refractivity contribution >= 4 is 21.5 Å². The zero-order valence-electron chi connectivity index (χ0n) is 14.0. The summed E-state index contributed by atoms with van der Waals surface area (Å²) in [5, 5.41) is 13.1. The van der Waals surface area contributed by atoms with E-state index in [0.29, 0.717) is 11.3 Å². The summed E-state index contributed by atoms with van der Waals surface area (Å²) in [7, 11) is -3.87. The Hall–Kier alpha value is -2.40. The SMILES string of the molecule is CC#Cc1ccc(C2=NO[C@@H](C[C@](C)(C(=O)O)S(C)(=O)=O)C2)c(F)c1. The highest BCUT2D eigenvalue weighted by molar-refractivity contribution is 7.92. The highest BCUT2D eigenvalue weighted by atomic mass is 32.2. The van der Waals surface area contributed by atoms with Crippen molar-refractivity contribution in [3.63, 3.8) is 0 Å². The molecule has 0 bridgehead atoms. The average molecular weight is 367 g/mol. The van der Waals surface area contributed by atoms with Crippen molar-refractivity contribution in [2.24, 2.45) is 5.16 Å². The number of halogens is 1. The van der Waals surface area contributed by atoms with Crippen molar-refractivity contribution in [3.8, 4) is 11.8 Å². The van der Waals surface area contributed by atoms with Crippen molar-refractivity contribution < 1.29 is 27.5 Å². The van der Waals surface area contributed by atoms with Gasteiger partial charge in [0.2, 0.25) is 0 Å². The molecule has 1 N–H and O–H groups in total. The monoisotopic (exact) mass is 367 g/mol. The largest absolute Gasteiger partial charge is 0.480 e. The Kier molecular flexibility index (Phi) is 5.18. The van der Waals surface area contributed by atoms with Gasteiger partial charge in [-0.2, -0.15) is 0 Å². The fourth-order valence-electron chi connectivity index (χ4n) is 2.50. The van der Waals surface area contributed by atoms with E-state index in [1.54, 1.807) is 13.0 Å².